The number of anilines is 1. The van der Waals surface area contributed by atoms with Gasteiger partial charge >= 0.3 is 0 Å². The van der Waals surface area contributed by atoms with E-state index in [2.05, 4.69) is 51.1 Å². The number of ether oxygens (including phenoxy) is 1. The molecule has 2 atom stereocenters. The van der Waals surface area contributed by atoms with Crippen LogP contribution in [-0.2, 0) is 29.5 Å². The van der Waals surface area contributed by atoms with E-state index in [1.807, 2.05) is 25.2 Å². The van der Waals surface area contributed by atoms with Gasteiger partial charge in [-0.15, -0.1) is 0 Å². The van der Waals surface area contributed by atoms with E-state index in [1.165, 1.54) is 0 Å². The lowest BCUT2D eigenvalue weighted by Crippen LogP contribution is -2.60. The number of rotatable bonds is 7. The molecule has 2 aliphatic heterocycles. The number of imidazole rings is 2. The molecule has 1 N–H and O–H groups in total. The first kappa shape index (κ1) is 25.8. The third-order valence-electron chi connectivity index (χ3n) is 7.98. The Morgan fingerprint density at radius 2 is 1.87 bits per heavy atom. The normalized spacial score (nSPS) is 20.9. The fourth-order valence-corrected chi connectivity index (χ4v) is 6.06. The number of nitrogens with one attached hydrogen (secondary N) is 1. The Bertz CT molecular complexity index is 1490. The number of para-hydroxylation sites is 2. The van der Waals surface area contributed by atoms with Crippen LogP contribution >= 0.6 is 0 Å². The summed E-state index contributed by atoms with van der Waals surface area (Å²) in [4.78, 5) is 36.7. The largest absolute Gasteiger partial charge is 0.378 e. The van der Waals surface area contributed by atoms with E-state index < -0.39 is 0 Å². The van der Waals surface area contributed by atoms with Crippen LogP contribution in [-0.4, -0.2) is 91.7 Å². The van der Waals surface area contributed by atoms with Gasteiger partial charge in [0.25, 0.3) is 0 Å². The Labute approximate surface area is 228 Å². The second-order valence-electron chi connectivity index (χ2n) is 10.7. The number of carbonyl (C=O) groups excluding carboxylic acids is 1. The van der Waals surface area contributed by atoms with Gasteiger partial charge in [-0.3, -0.25) is 9.47 Å². The highest BCUT2D eigenvalue weighted by Gasteiger charge is 2.34. The Hall–Kier alpha value is -3.41. The number of aldehydes is 1. The standard InChI is InChI=1S/C28H37N9O2/c1-5-22-30-19-8-6-7-9-21(19)37(22)28-32-26-24(27(33-28)35-12-14-39-15-13-35)31-23(34(26)4)16-36-11-10-29-20(17-38)25(36)18(2)3/h6-9,17-18,20,25,29H,5,10-16H2,1-4H3. The van der Waals surface area contributed by atoms with Crippen LogP contribution in [0.3, 0.4) is 0 Å². The van der Waals surface area contributed by atoms with Crippen molar-refractivity contribution in [1.82, 2.24) is 39.3 Å². The van der Waals surface area contributed by atoms with Crippen molar-refractivity contribution in [3.05, 3.63) is 35.9 Å². The minimum Gasteiger partial charge on any atom is -0.378 e. The van der Waals surface area contributed by atoms with E-state index in [0.717, 1.165) is 78.5 Å². The number of aromatic nitrogens is 6. The minimum absolute atomic E-state index is 0.0980. The van der Waals surface area contributed by atoms with Gasteiger partial charge in [0.05, 0.1) is 36.8 Å². The van der Waals surface area contributed by atoms with Gasteiger partial charge in [0, 0.05) is 45.7 Å². The van der Waals surface area contributed by atoms with Gasteiger partial charge in [-0.2, -0.15) is 9.97 Å². The van der Waals surface area contributed by atoms with Gasteiger partial charge in [0.2, 0.25) is 5.95 Å². The molecule has 0 amide bonds. The zero-order valence-corrected chi connectivity index (χ0v) is 23.2. The fourth-order valence-electron chi connectivity index (χ4n) is 6.06. The van der Waals surface area contributed by atoms with Crippen LogP contribution in [0.5, 0.6) is 0 Å². The second-order valence-corrected chi connectivity index (χ2v) is 10.7. The van der Waals surface area contributed by atoms with Crippen molar-refractivity contribution in [1.29, 1.82) is 0 Å². The highest BCUT2D eigenvalue weighted by Crippen LogP contribution is 2.29. The molecule has 39 heavy (non-hydrogen) atoms. The van der Waals surface area contributed by atoms with Crippen LogP contribution in [0, 0.1) is 5.92 Å². The summed E-state index contributed by atoms with van der Waals surface area (Å²) in [6.07, 6.45) is 1.80. The van der Waals surface area contributed by atoms with Gasteiger partial charge in [-0.05, 0) is 18.1 Å². The SMILES string of the molecule is CCc1nc2ccccc2n1-c1nc(N2CCOCC2)c2nc(CN3CCNC(C=O)C3C(C)C)n(C)c2n1. The number of hydrogen-bond donors (Lipinski definition) is 1. The van der Waals surface area contributed by atoms with E-state index >= 15 is 0 Å². The first-order chi connectivity index (χ1) is 19.0. The van der Waals surface area contributed by atoms with Crippen molar-refractivity contribution < 1.29 is 9.53 Å². The molecule has 0 bridgehead atoms. The van der Waals surface area contributed by atoms with Gasteiger partial charge in [-0.25, -0.2) is 9.97 Å². The zero-order valence-electron chi connectivity index (χ0n) is 23.2. The maximum absolute atomic E-state index is 11.8. The van der Waals surface area contributed by atoms with E-state index in [4.69, 9.17) is 24.7 Å². The van der Waals surface area contributed by atoms with Crippen molar-refractivity contribution in [2.75, 3.05) is 44.3 Å². The highest BCUT2D eigenvalue weighted by atomic mass is 16.5. The Morgan fingerprint density at radius 1 is 1.08 bits per heavy atom. The van der Waals surface area contributed by atoms with Gasteiger partial charge in [0.15, 0.2) is 17.0 Å². The predicted molar refractivity (Wildman–Crippen MR) is 150 cm³/mol. The molecule has 6 rings (SSSR count). The molecule has 206 valence electrons. The minimum atomic E-state index is -0.189. The molecule has 2 fully saturated rings. The van der Waals surface area contributed by atoms with Crippen molar-refractivity contribution in [3.63, 3.8) is 0 Å². The molecule has 2 saturated heterocycles. The summed E-state index contributed by atoms with van der Waals surface area (Å²) in [6, 6.07) is 8.03. The lowest BCUT2D eigenvalue weighted by atomic mass is 9.93. The quantitative estimate of drug-likeness (QED) is 0.359. The number of aryl methyl sites for hydroxylation is 2. The first-order valence-corrected chi connectivity index (χ1v) is 14.0. The zero-order chi connectivity index (χ0) is 27.1. The van der Waals surface area contributed by atoms with Crippen molar-refractivity contribution in [3.8, 4) is 5.95 Å². The van der Waals surface area contributed by atoms with Gasteiger partial charge in [-0.1, -0.05) is 32.9 Å². The maximum Gasteiger partial charge on any atom is 0.239 e. The molecule has 2 unspecified atom stereocenters. The second kappa shape index (κ2) is 10.6. The molecular formula is C28H37N9O2. The molecule has 2 aliphatic rings. The van der Waals surface area contributed by atoms with Crippen LogP contribution in [0.2, 0.25) is 0 Å². The molecule has 11 nitrogen and oxygen atoms in total. The number of benzene rings is 1. The summed E-state index contributed by atoms with van der Waals surface area (Å²) in [5.41, 5.74) is 3.51. The molecule has 3 aromatic heterocycles. The molecular weight excluding hydrogens is 494 g/mol. The Balaban J connectivity index is 1.49. The lowest BCUT2D eigenvalue weighted by molar-refractivity contribution is -0.112. The topological polar surface area (TPSA) is 106 Å². The van der Waals surface area contributed by atoms with Crippen molar-refractivity contribution in [2.45, 2.75) is 45.8 Å². The van der Waals surface area contributed by atoms with E-state index in [0.29, 0.717) is 31.6 Å². The third-order valence-corrected chi connectivity index (χ3v) is 7.98. The number of carbonyl (C=O) groups is 1. The van der Waals surface area contributed by atoms with E-state index in [1.54, 1.807) is 0 Å². The highest BCUT2D eigenvalue weighted by molar-refractivity contribution is 5.86. The van der Waals surface area contributed by atoms with Crippen LogP contribution in [0.1, 0.15) is 32.4 Å². The monoisotopic (exact) mass is 531 g/mol. The van der Waals surface area contributed by atoms with E-state index in [-0.39, 0.29) is 12.1 Å². The molecule has 1 aromatic carbocycles. The van der Waals surface area contributed by atoms with Crippen molar-refractivity contribution >= 4 is 34.3 Å². The summed E-state index contributed by atoms with van der Waals surface area (Å²) in [5, 5.41) is 3.37. The number of piperazine rings is 1. The lowest BCUT2D eigenvalue weighted by Gasteiger charge is -2.41. The molecule has 5 heterocycles. The summed E-state index contributed by atoms with van der Waals surface area (Å²) >= 11 is 0. The van der Waals surface area contributed by atoms with E-state index in [9.17, 15) is 4.79 Å². The summed E-state index contributed by atoms with van der Waals surface area (Å²) in [5.74, 6) is 3.58. The van der Waals surface area contributed by atoms with Crippen molar-refractivity contribution in [2.24, 2.45) is 13.0 Å². The van der Waals surface area contributed by atoms with Gasteiger partial charge < -0.3 is 24.3 Å². The van der Waals surface area contributed by atoms with Gasteiger partial charge in [0.1, 0.15) is 17.9 Å². The summed E-state index contributed by atoms with van der Waals surface area (Å²) in [7, 11) is 2.03. The third kappa shape index (κ3) is 4.58. The molecule has 0 radical (unpaired) electrons. The fraction of sp³-hybridized carbons (Fsp3) is 0.536. The number of nitrogens with zero attached hydrogens (tertiary/aromatic N) is 8. The smallest absolute Gasteiger partial charge is 0.239 e. The summed E-state index contributed by atoms with van der Waals surface area (Å²) < 4.78 is 9.81. The number of hydrogen-bond acceptors (Lipinski definition) is 9. The molecule has 0 saturated carbocycles. The number of fused-ring (bicyclic) bond motifs is 2. The summed E-state index contributed by atoms with van der Waals surface area (Å²) in [6.45, 7) is 11.5. The molecule has 0 aliphatic carbocycles. The Kier molecular flexibility index (Phi) is 7.05. The Morgan fingerprint density at radius 3 is 2.62 bits per heavy atom. The van der Waals surface area contributed by atoms with Crippen LogP contribution in [0.25, 0.3) is 28.1 Å². The first-order valence-electron chi connectivity index (χ1n) is 14.0. The van der Waals surface area contributed by atoms with Crippen LogP contribution < -0.4 is 10.2 Å². The molecule has 4 aromatic rings. The maximum atomic E-state index is 11.8. The average molecular weight is 532 g/mol. The van der Waals surface area contributed by atoms with Crippen LogP contribution in [0.15, 0.2) is 24.3 Å². The molecule has 0 spiro atoms. The molecule has 11 heteroatoms. The predicted octanol–water partition coefficient (Wildman–Crippen LogP) is 2.10. The number of morpholine rings is 1. The van der Waals surface area contributed by atoms with Crippen LogP contribution in [0.4, 0.5) is 5.82 Å². The average Bonchev–Trinajstić information content (AvgIpc) is 3.50.